The van der Waals surface area contributed by atoms with Gasteiger partial charge in [0, 0.05) is 14.8 Å². The predicted molar refractivity (Wildman–Crippen MR) is 104 cm³/mol. The molecule has 0 aliphatic rings. The van der Waals surface area contributed by atoms with E-state index in [1.54, 1.807) is 36.4 Å². The van der Waals surface area contributed by atoms with E-state index in [-0.39, 0.29) is 5.91 Å². The Morgan fingerprint density at radius 1 is 0.846 bits per heavy atom. The van der Waals surface area contributed by atoms with E-state index >= 15 is 0 Å². The molecule has 0 spiro atoms. The van der Waals surface area contributed by atoms with E-state index in [2.05, 4.69) is 27.9 Å². The summed E-state index contributed by atoms with van der Waals surface area (Å²) >= 11 is 2.08. The highest BCUT2D eigenvalue weighted by Crippen LogP contribution is 2.33. The molecule has 0 saturated carbocycles. The van der Waals surface area contributed by atoms with Crippen molar-refractivity contribution >= 4 is 34.2 Å². The number of para-hydroxylation sites is 1. The van der Waals surface area contributed by atoms with Crippen LogP contribution in [0.5, 0.6) is 0 Å². The SMILES string of the molecule is O=C(Nc1ccccc1-c1ccc(C(F)(F)F)cc1)c1ccccc1I. The molecule has 26 heavy (non-hydrogen) atoms. The zero-order chi connectivity index (χ0) is 18.7. The molecule has 6 heteroatoms. The molecule has 0 radical (unpaired) electrons. The molecule has 1 amide bonds. The molecule has 0 unspecified atom stereocenters. The molecule has 3 aromatic carbocycles. The molecule has 0 fully saturated rings. The van der Waals surface area contributed by atoms with Gasteiger partial charge in [-0.2, -0.15) is 13.2 Å². The molecular formula is C20H13F3INO. The number of nitrogens with one attached hydrogen (secondary N) is 1. The molecule has 0 bridgehead atoms. The van der Waals surface area contributed by atoms with Crippen LogP contribution < -0.4 is 5.32 Å². The largest absolute Gasteiger partial charge is 0.416 e. The van der Waals surface area contributed by atoms with Gasteiger partial charge in [0.15, 0.2) is 0 Å². The summed E-state index contributed by atoms with van der Waals surface area (Å²) in [6.07, 6.45) is -4.38. The number of rotatable bonds is 3. The monoisotopic (exact) mass is 467 g/mol. The van der Waals surface area contributed by atoms with E-state index in [1.807, 2.05) is 12.1 Å². The van der Waals surface area contributed by atoms with Gasteiger partial charge in [0.25, 0.3) is 5.91 Å². The van der Waals surface area contributed by atoms with Crippen LogP contribution in [0.25, 0.3) is 11.1 Å². The van der Waals surface area contributed by atoms with Crippen molar-refractivity contribution in [3.05, 3.63) is 87.5 Å². The lowest BCUT2D eigenvalue weighted by molar-refractivity contribution is -0.137. The molecule has 3 aromatic rings. The summed E-state index contributed by atoms with van der Waals surface area (Å²) in [6, 6.07) is 19.1. The minimum Gasteiger partial charge on any atom is -0.321 e. The maximum absolute atomic E-state index is 12.7. The lowest BCUT2D eigenvalue weighted by atomic mass is 10.0. The molecule has 0 saturated heterocycles. The summed E-state index contributed by atoms with van der Waals surface area (Å²) in [5.74, 6) is -0.269. The normalized spacial score (nSPS) is 11.2. The molecule has 0 heterocycles. The molecule has 0 aliphatic carbocycles. The molecule has 0 atom stereocenters. The molecule has 3 rings (SSSR count). The molecule has 1 N–H and O–H groups in total. The van der Waals surface area contributed by atoms with Crippen molar-refractivity contribution in [2.75, 3.05) is 5.32 Å². The second-order valence-corrected chi connectivity index (χ2v) is 6.72. The van der Waals surface area contributed by atoms with Crippen LogP contribution >= 0.6 is 22.6 Å². The van der Waals surface area contributed by atoms with Gasteiger partial charge in [0.2, 0.25) is 0 Å². The third kappa shape index (κ3) is 4.07. The maximum atomic E-state index is 12.7. The van der Waals surface area contributed by atoms with Crippen LogP contribution in [0.2, 0.25) is 0 Å². The van der Waals surface area contributed by atoms with Crippen LogP contribution in [-0.4, -0.2) is 5.91 Å². The first-order chi connectivity index (χ1) is 12.4. The van der Waals surface area contributed by atoms with E-state index in [0.29, 0.717) is 22.4 Å². The van der Waals surface area contributed by atoms with Crippen molar-refractivity contribution in [1.82, 2.24) is 0 Å². The molecular weight excluding hydrogens is 454 g/mol. The van der Waals surface area contributed by atoms with Gasteiger partial charge in [-0.15, -0.1) is 0 Å². The number of hydrogen-bond donors (Lipinski definition) is 1. The number of carbonyl (C=O) groups excluding carboxylic acids is 1. The zero-order valence-corrected chi connectivity index (χ0v) is 15.5. The van der Waals surface area contributed by atoms with Crippen molar-refractivity contribution in [2.24, 2.45) is 0 Å². The lowest BCUT2D eigenvalue weighted by Gasteiger charge is -2.13. The van der Waals surface area contributed by atoms with E-state index in [4.69, 9.17) is 0 Å². The maximum Gasteiger partial charge on any atom is 0.416 e. The van der Waals surface area contributed by atoms with Crippen LogP contribution in [0.15, 0.2) is 72.8 Å². The van der Waals surface area contributed by atoms with E-state index < -0.39 is 11.7 Å². The summed E-state index contributed by atoms with van der Waals surface area (Å²) < 4.78 is 39.0. The second kappa shape index (κ2) is 7.49. The Bertz CT molecular complexity index is 936. The molecule has 0 aromatic heterocycles. The first-order valence-corrected chi connectivity index (χ1v) is 8.76. The third-order valence-corrected chi connectivity index (χ3v) is 4.76. The standard InChI is InChI=1S/C20H13F3INO/c21-20(22,23)14-11-9-13(10-12-14)15-5-2-4-8-18(15)25-19(26)16-6-1-3-7-17(16)24/h1-12H,(H,25,26). The van der Waals surface area contributed by atoms with Crippen LogP contribution in [0.4, 0.5) is 18.9 Å². The Labute approximate surface area is 162 Å². The predicted octanol–water partition coefficient (Wildman–Crippen LogP) is 6.23. The Morgan fingerprint density at radius 2 is 1.46 bits per heavy atom. The number of carbonyl (C=O) groups is 1. The minimum absolute atomic E-state index is 0.269. The number of halogens is 4. The quantitative estimate of drug-likeness (QED) is 0.455. The van der Waals surface area contributed by atoms with E-state index in [1.165, 1.54) is 12.1 Å². The van der Waals surface area contributed by atoms with Crippen LogP contribution in [0.3, 0.4) is 0 Å². The summed E-state index contributed by atoms with van der Waals surface area (Å²) in [6.45, 7) is 0. The fourth-order valence-electron chi connectivity index (χ4n) is 2.52. The van der Waals surface area contributed by atoms with Gasteiger partial charge in [-0.1, -0.05) is 42.5 Å². The third-order valence-electron chi connectivity index (χ3n) is 3.82. The number of benzene rings is 3. The smallest absolute Gasteiger partial charge is 0.321 e. The Hall–Kier alpha value is -2.35. The van der Waals surface area contributed by atoms with E-state index in [0.717, 1.165) is 15.7 Å². The van der Waals surface area contributed by atoms with Gasteiger partial charge >= 0.3 is 6.18 Å². The first kappa shape index (κ1) is 18.4. The van der Waals surface area contributed by atoms with Crippen molar-refractivity contribution in [3.63, 3.8) is 0 Å². The highest BCUT2D eigenvalue weighted by molar-refractivity contribution is 14.1. The first-order valence-electron chi connectivity index (χ1n) is 7.69. The van der Waals surface area contributed by atoms with Gasteiger partial charge in [-0.05, 0) is 58.5 Å². The second-order valence-electron chi connectivity index (χ2n) is 5.55. The van der Waals surface area contributed by atoms with Gasteiger partial charge < -0.3 is 5.32 Å². The van der Waals surface area contributed by atoms with Gasteiger partial charge in [-0.3, -0.25) is 4.79 Å². The summed E-state index contributed by atoms with van der Waals surface area (Å²) in [5, 5.41) is 2.85. The average Bonchev–Trinajstić information content (AvgIpc) is 2.62. The van der Waals surface area contributed by atoms with Crippen LogP contribution in [0, 0.1) is 3.57 Å². The number of alkyl halides is 3. The Morgan fingerprint density at radius 3 is 2.12 bits per heavy atom. The minimum atomic E-state index is -4.38. The van der Waals surface area contributed by atoms with Crippen molar-refractivity contribution in [3.8, 4) is 11.1 Å². The summed E-state index contributed by atoms with van der Waals surface area (Å²) in [5.41, 5.74) is 1.62. The summed E-state index contributed by atoms with van der Waals surface area (Å²) in [4.78, 5) is 12.5. The fraction of sp³-hybridized carbons (Fsp3) is 0.0500. The highest BCUT2D eigenvalue weighted by Gasteiger charge is 2.30. The van der Waals surface area contributed by atoms with E-state index in [9.17, 15) is 18.0 Å². The number of amides is 1. The van der Waals surface area contributed by atoms with Gasteiger partial charge in [0.05, 0.1) is 11.1 Å². The molecule has 0 aliphatic heterocycles. The Kier molecular flexibility index (Phi) is 5.31. The lowest BCUT2D eigenvalue weighted by Crippen LogP contribution is -2.14. The van der Waals surface area contributed by atoms with Crippen molar-refractivity contribution < 1.29 is 18.0 Å². The molecule has 132 valence electrons. The molecule has 2 nitrogen and oxygen atoms in total. The van der Waals surface area contributed by atoms with Gasteiger partial charge in [0.1, 0.15) is 0 Å². The van der Waals surface area contributed by atoms with Crippen molar-refractivity contribution in [1.29, 1.82) is 0 Å². The van der Waals surface area contributed by atoms with Crippen molar-refractivity contribution in [2.45, 2.75) is 6.18 Å². The number of hydrogen-bond acceptors (Lipinski definition) is 1. The average molecular weight is 467 g/mol. The van der Waals surface area contributed by atoms with Crippen LogP contribution in [-0.2, 0) is 6.18 Å². The number of anilines is 1. The Balaban J connectivity index is 1.92. The zero-order valence-electron chi connectivity index (χ0n) is 13.3. The van der Waals surface area contributed by atoms with Crippen LogP contribution in [0.1, 0.15) is 15.9 Å². The summed E-state index contributed by atoms with van der Waals surface area (Å²) in [7, 11) is 0. The fourth-order valence-corrected chi connectivity index (χ4v) is 3.15. The van der Waals surface area contributed by atoms with Gasteiger partial charge in [-0.25, -0.2) is 0 Å². The topological polar surface area (TPSA) is 29.1 Å². The highest BCUT2D eigenvalue weighted by atomic mass is 127.